The van der Waals surface area contributed by atoms with Gasteiger partial charge >= 0.3 is 11.9 Å². The van der Waals surface area contributed by atoms with Crippen LogP contribution in [0.25, 0.3) is 0 Å². The number of hydrogen-bond acceptors (Lipinski definition) is 9. The van der Waals surface area contributed by atoms with Crippen LogP contribution >= 0.6 is 0 Å². The monoisotopic (exact) mass is 718 g/mol. The summed E-state index contributed by atoms with van der Waals surface area (Å²) in [4.78, 5) is 24.6. The number of ether oxygens (including phenoxy) is 3. The third kappa shape index (κ3) is 17.3. The van der Waals surface area contributed by atoms with Crippen LogP contribution in [0.1, 0.15) is 109 Å². The van der Waals surface area contributed by atoms with Crippen molar-refractivity contribution in [3.05, 3.63) is 103 Å². The van der Waals surface area contributed by atoms with Crippen molar-refractivity contribution in [2.75, 3.05) is 6.61 Å². The summed E-state index contributed by atoms with van der Waals surface area (Å²) in [5, 5.41) is 17.0. The lowest BCUT2D eigenvalue weighted by molar-refractivity contribution is -0.135. The van der Waals surface area contributed by atoms with Crippen molar-refractivity contribution in [3.8, 4) is 17.2 Å². The Balaban J connectivity index is 1.01. The number of benzene rings is 4. The summed E-state index contributed by atoms with van der Waals surface area (Å²) in [7, 11) is 0. The lowest BCUT2D eigenvalue weighted by atomic mass is 10.1. The topological polar surface area (TPSA) is 111 Å². The molecule has 9 nitrogen and oxygen atoms in total. The molecule has 0 aliphatic heterocycles. The van der Waals surface area contributed by atoms with E-state index in [0.29, 0.717) is 35.7 Å². The van der Waals surface area contributed by atoms with Gasteiger partial charge in [-0.25, -0.2) is 0 Å². The molecule has 0 N–H and O–H groups in total. The van der Waals surface area contributed by atoms with Gasteiger partial charge in [-0.1, -0.05) is 88.8 Å². The van der Waals surface area contributed by atoms with Gasteiger partial charge in [-0.3, -0.25) is 9.59 Å². The fourth-order valence-electron chi connectivity index (χ4n) is 5.47. The Labute approximate surface area is 314 Å². The lowest BCUT2D eigenvalue weighted by Gasteiger charge is -2.06. The molecule has 4 rings (SSSR count). The molecule has 0 atom stereocenters. The molecule has 0 radical (unpaired) electrons. The molecular weight excluding hydrogens is 665 g/mol. The predicted molar refractivity (Wildman–Crippen MR) is 211 cm³/mol. The number of unbranched alkanes of at least 4 members (excludes halogenated alkanes) is 11. The van der Waals surface area contributed by atoms with Crippen LogP contribution in [0.2, 0.25) is 0 Å². The van der Waals surface area contributed by atoms with E-state index in [9.17, 15) is 9.59 Å². The first-order chi connectivity index (χ1) is 26.0. The van der Waals surface area contributed by atoms with Crippen LogP contribution in [0.4, 0.5) is 22.7 Å². The molecule has 0 saturated heterocycles. The maximum atomic E-state index is 12.3. The molecule has 9 heteroatoms. The summed E-state index contributed by atoms with van der Waals surface area (Å²) < 4.78 is 16.8. The second-order valence-electron chi connectivity index (χ2n) is 13.3. The van der Waals surface area contributed by atoms with Gasteiger partial charge in [0.1, 0.15) is 17.2 Å². The molecule has 0 aliphatic rings. The number of carbonyl (C=O) groups excluding carboxylic acids is 2. The number of carbonyl (C=O) groups is 2. The first kappa shape index (κ1) is 40.6. The van der Waals surface area contributed by atoms with E-state index in [-0.39, 0.29) is 11.9 Å². The number of hydrogen-bond donors (Lipinski definition) is 0. The van der Waals surface area contributed by atoms with Gasteiger partial charge in [0, 0.05) is 12.8 Å². The summed E-state index contributed by atoms with van der Waals surface area (Å²) in [5.74, 6) is 1.27. The van der Waals surface area contributed by atoms with E-state index in [4.69, 9.17) is 14.2 Å². The van der Waals surface area contributed by atoms with Gasteiger partial charge in [0.15, 0.2) is 0 Å². The van der Waals surface area contributed by atoms with Crippen molar-refractivity contribution in [3.63, 3.8) is 0 Å². The van der Waals surface area contributed by atoms with Crippen LogP contribution in [-0.4, -0.2) is 18.5 Å². The fourth-order valence-corrected chi connectivity index (χ4v) is 5.47. The molecule has 0 amide bonds. The maximum Gasteiger partial charge on any atom is 0.311 e. The number of nitrogens with zero attached hydrogens (tertiary/aromatic N) is 4. The molecule has 0 aromatic heterocycles. The number of azo groups is 2. The van der Waals surface area contributed by atoms with E-state index in [2.05, 4.69) is 27.4 Å². The molecule has 0 saturated carbocycles. The van der Waals surface area contributed by atoms with Crippen molar-refractivity contribution in [1.82, 2.24) is 0 Å². The van der Waals surface area contributed by atoms with Gasteiger partial charge in [-0.2, -0.15) is 20.5 Å². The van der Waals surface area contributed by atoms with E-state index in [1.165, 1.54) is 50.5 Å². The van der Waals surface area contributed by atoms with Gasteiger partial charge in [0.25, 0.3) is 0 Å². The summed E-state index contributed by atoms with van der Waals surface area (Å²) in [6.07, 6.45) is 15.1. The minimum Gasteiger partial charge on any atom is -0.494 e. The Morgan fingerprint density at radius 2 is 0.774 bits per heavy atom. The number of rotatable bonds is 24. The predicted octanol–water partition coefficient (Wildman–Crippen LogP) is 13.6. The van der Waals surface area contributed by atoms with Crippen LogP contribution in [0, 0.1) is 6.92 Å². The van der Waals surface area contributed by atoms with E-state index in [1.54, 1.807) is 48.5 Å². The van der Waals surface area contributed by atoms with Crippen LogP contribution in [0.5, 0.6) is 17.2 Å². The van der Waals surface area contributed by atoms with E-state index < -0.39 is 0 Å². The van der Waals surface area contributed by atoms with Crippen molar-refractivity contribution in [2.24, 2.45) is 20.5 Å². The number of aryl methyl sites for hydroxylation is 1. The molecule has 0 aliphatic carbocycles. The summed E-state index contributed by atoms with van der Waals surface area (Å²) in [6.45, 7) is 5.00. The Morgan fingerprint density at radius 1 is 0.434 bits per heavy atom. The molecule has 4 aromatic carbocycles. The average molecular weight is 719 g/mol. The zero-order valence-electron chi connectivity index (χ0n) is 31.4. The van der Waals surface area contributed by atoms with E-state index >= 15 is 0 Å². The highest BCUT2D eigenvalue weighted by Crippen LogP contribution is 2.25. The summed E-state index contributed by atoms with van der Waals surface area (Å²) in [5.41, 5.74) is 4.03. The minimum absolute atomic E-state index is 0.265. The molecule has 0 fully saturated rings. The van der Waals surface area contributed by atoms with Crippen molar-refractivity contribution in [2.45, 2.75) is 110 Å². The summed E-state index contributed by atoms with van der Waals surface area (Å²) in [6, 6.07) is 29.4. The van der Waals surface area contributed by atoms with Crippen LogP contribution in [0.15, 0.2) is 118 Å². The Bertz CT molecular complexity index is 1690. The largest absolute Gasteiger partial charge is 0.494 e. The quantitative estimate of drug-likeness (QED) is 0.0310. The van der Waals surface area contributed by atoms with Crippen molar-refractivity contribution >= 4 is 34.7 Å². The van der Waals surface area contributed by atoms with E-state index in [1.807, 2.05) is 55.5 Å². The summed E-state index contributed by atoms with van der Waals surface area (Å²) >= 11 is 0. The average Bonchev–Trinajstić information content (AvgIpc) is 3.17. The number of esters is 2. The Kier molecular flexibility index (Phi) is 18.5. The van der Waals surface area contributed by atoms with Gasteiger partial charge in [-0.05, 0) is 111 Å². The Morgan fingerprint density at radius 3 is 1.19 bits per heavy atom. The molecule has 4 aromatic rings. The first-order valence-corrected chi connectivity index (χ1v) is 19.2. The first-order valence-electron chi connectivity index (χ1n) is 19.2. The molecule has 0 spiro atoms. The third-order valence-electron chi connectivity index (χ3n) is 8.60. The second-order valence-corrected chi connectivity index (χ2v) is 13.3. The third-order valence-corrected chi connectivity index (χ3v) is 8.60. The normalized spacial score (nSPS) is 11.3. The van der Waals surface area contributed by atoms with Gasteiger partial charge in [-0.15, -0.1) is 0 Å². The molecule has 0 heterocycles. The SMILES string of the molecule is CCCCCCCCCCOc1ccc(N=Nc2ccc(OC(=O)CCCCCCCC(=O)Oc3ccc(N=Nc4ccc(C)cc4)cc3)cc2)cc1. The maximum absolute atomic E-state index is 12.3. The Hall–Kier alpha value is -5.18. The highest BCUT2D eigenvalue weighted by atomic mass is 16.5. The van der Waals surface area contributed by atoms with Gasteiger partial charge in [0.05, 0.1) is 29.4 Å². The zero-order chi connectivity index (χ0) is 37.4. The molecule has 0 bridgehead atoms. The molecular formula is C44H54N4O5. The van der Waals surface area contributed by atoms with Crippen molar-refractivity contribution < 1.29 is 23.8 Å². The smallest absolute Gasteiger partial charge is 0.311 e. The van der Waals surface area contributed by atoms with Crippen LogP contribution in [0.3, 0.4) is 0 Å². The molecule has 280 valence electrons. The van der Waals surface area contributed by atoms with Gasteiger partial charge < -0.3 is 14.2 Å². The standard InChI is InChI=1S/C44H54N4O5/c1-3-4-5-6-7-8-12-15-34-51-40-28-22-37(23-29-40)46-48-39-26-32-42(33-27-39)53-44(50)17-14-11-9-10-13-16-43(49)52-41-30-24-38(25-31-41)47-45-36-20-18-35(2)19-21-36/h18-33H,3-17,34H2,1-2H3. The second kappa shape index (κ2) is 24.1. The zero-order valence-corrected chi connectivity index (χ0v) is 31.4. The molecule has 53 heavy (non-hydrogen) atoms. The molecule has 0 unspecified atom stereocenters. The highest BCUT2D eigenvalue weighted by Gasteiger charge is 2.07. The lowest BCUT2D eigenvalue weighted by Crippen LogP contribution is -2.08. The van der Waals surface area contributed by atoms with Gasteiger partial charge in [0.2, 0.25) is 0 Å². The highest BCUT2D eigenvalue weighted by molar-refractivity contribution is 5.73. The van der Waals surface area contributed by atoms with Crippen LogP contribution in [-0.2, 0) is 9.59 Å². The van der Waals surface area contributed by atoms with Crippen molar-refractivity contribution in [1.29, 1.82) is 0 Å². The minimum atomic E-state index is -0.268. The van der Waals surface area contributed by atoms with Crippen LogP contribution < -0.4 is 14.2 Å². The van der Waals surface area contributed by atoms with E-state index in [0.717, 1.165) is 62.3 Å². The fraction of sp³-hybridized carbons (Fsp3) is 0.409.